The van der Waals surface area contributed by atoms with Crippen LogP contribution in [-0.4, -0.2) is 31.7 Å². The fourth-order valence-electron chi connectivity index (χ4n) is 2.30. The standard InChI is InChI=1S/C17H18ClIN2O3S/c1-3-21(4-2)25(23,24)12-9-10-14(18)13(11-12)17(22)20-16-8-6-5-7-15(16)19/h5-11H,3-4H2,1-2H3,(H,20,22). The summed E-state index contributed by atoms with van der Waals surface area (Å²) in [6.07, 6.45) is 0. The third-order valence-corrected chi connectivity index (χ3v) is 6.96. The maximum atomic E-state index is 12.6. The average molecular weight is 493 g/mol. The molecule has 0 radical (unpaired) electrons. The summed E-state index contributed by atoms with van der Waals surface area (Å²) >= 11 is 8.23. The van der Waals surface area contributed by atoms with E-state index in [1.807, 2.05) is 12.1 Å². The molecule has 5 nitrogen and oxygen atoms in total. The highest BCUT2D eigenvalue weighted by Gasteiger charge is 2.24. The van der Waals surface area contributed by atoms with Crippen LogP contribution in [0.4, 0.5) is 5.69 Å². The second-order valence-corrected chi connectivity index (χ2v) is 8.67. The summed E-state index contributed by atoms with van der Waals surface area (Å²) in [5.41, 5.74) is 0.760. The van der Waals surface area contributed by atoms with E-state index < -0.39 is 15.9 Å². The Morgan fingerprint density at radius 1 is 1.16 bits per heavy atom. The molecule has 0 aromatic heterocycles. The minimum absolute atomic E-state index is 0.0495. The molecule has 2 aromatic carbocycles. The van der Waals surface area contributed by atoms with Gasteiger partial charge in [0.05, 0.1) is 21.2 Å². The van der Waals surface area contributed by atoms with Crippen molar-refractivity contribution >= 4 is 55.8 Å². The Hall–Kier alpha value is -1.16. The second-order valence-electron chi connectivity index (χ2n) is 5.16. The second kappa shape index (κ2) is 8.48. The fraction of sp³-hybridized carbons (Fsp3) is 0.235. The van der Waals surface area contributed by atoms with Gasteiger partial charge in [0.25, 0.3) is 5.91 Å². The van der Waals surface area contributed by atoms with Crippen molar-refractivity contribution < 1.29 is 13.2 Å². The molecular weight excluding hydrogens is 475 g/mol. The first-order chi connectivity index (χ1) is 11.8. The van der Waals surface area contributed by atoms with Crippen LogP contribution in [0.3, 0.4) is 0 Å². The highest BCUT2D eigenvalue weighted by Crippen LogP contribution is 2.25. The molecule has 0 unspecified atom stereocenters. The normalized spacial score (nSPS) is 11.6. The van der Waals surface area contributed by atoms with Crippen LogP contribution in [0.15, 0.2) is 47.4 Å². The summed E-state index contributed by atoms with van der Waals surface area (Å²) in [6.45, 7) is 4.24. The Morgan fingerprint density at radius 3 is 2.40 bits per heavy atom. The highest BCUT2D eigenvalue weighted by atomic mass is 127. The van der Waals surface area contributed by atoms with Crippen molar-refractivity contribution in [1.82, 2.24) is 4.31 Å². The SMILES string of the molecule is CCN(CC)S(=O)(=O)c1ccc(Cl)c(C(=O)Nc2ccccc2I)c1. The zero-order chi connectivity index (χ0) is 18.6. The topological polar surface area (TPSA) is 66.5 Å². The lowest BCUT2D eigenvalue weighted by Gasteiger charge is -2.19. The predicted molar refractivity (Wildman–Crippen MR) is 109 cm³/mol. The van der Waals surface area contributed by atoms with Gasteiger partial charge >= 0.3 is 0 Å². The van der Waals surface area contributed by atoms with Crippen molar-refractivity contribution in [2.45, 2.75) is 18.7 Å². The van der Waals surface area contributed by atoms with Gasteiger partial charge in [0.1, 0.15) is 0 Å². The quantitative estimate of drug-likeness (QED) is 0.614. The van der Waals surface area contributed by atoms with Crippen molar-refractivity contribution in [3.8, 4) is 0 Å². The van der Waals surface area contributed by atoms with E-state index in [1.54, 1.807) is 26.0 Å². The zero-order valence-corrected chi connectivity index (χ0v) is 17.5. The Labute approximate surface area is 166 Å². The molecule has 0 saturated heterocycles. The molecule has 2 rings (SSSR count). The molecule has 1 amide bonds. The van der Waals surface area contributed by atoms with E-state index in [1.165, 1.54) is 22.5 Å². The molecule has 0 spiro atoms. The number of carbonyl (C=O) groups is 1. The third-order valence-electron chi connectivity index (χ3n) is 3.65. The lowest BCUT2D eigenvalue weighted by Crippen LogP contribution is -2.30. The van der Waals surface area contributed by atoms with Crippen LogP contribution in [0.25, 0.3) is 0 Å². The summed E-state index contributed by atoms with van der Waals surface area (Å²) < 4.78 is 27.5. The molecule has 0 aliphatic rings. The number of amides is 1. The van der Waals surface area contributed by atoms with Gasteiger partial charge in [-0.25, -0.2) is 8.42 Å². The Balaban J connectivity index is 2.39. The molecule has 0 aliphatic carbocycles. The maximum absolute atomic E-state index is 12.6. The van der Waals surface area contributed by atoms with E-state index >= 15 is 0 Å². The predicted octanol–water partition coefficient (Wildman–Crippen LogP) is 4.23. The minimum atomic E-state index is -3.66. The van der Waals surface area contributed by atoms with E-state index in [2.05, 4.69) is 27.9 Å². The molecule has 8 heteroatoms. The number of nitrogens with zero attached hydrogens (tertiary/aromatic N) is 1. The molecule has 0 saturated carbocycles. The molecule has 0 aliphatic heterocycles. The van der Waals surface area contributed by atoms with Gasteiger partial charge in [0.15, 0.2) is 0 Å². The number of para-hydroxylation sites is 1. The molecule has 25 heavy (non-hydrogen) atoms. The molecule has 0 fully saturated rings. The highest BCUT2D eigenvalue weighted by molar-refractivity contribution is 14.1. The molecular formula is C17H18ClIN2O3S. The summed E-state index contributed by atoms with van der Waals surface area (Å²) in [5, 5.41) is 2.96. The first-order valence-corrected chi connectivity index (χ1v) is 10.6. The minimum Gasteiger partial charge on any atom is -0.321 e. The number of benzene rings is 2. The van der Waals surface area contributed by atoms with Gasteiger partial charge < -0.3 is 5.32 Å². The number of halogens is 2. The van der Waals surface area contributed by atoms with E-state index in [4.69, 9.17) is 11.6 Å². The number of nitrogens with one attached hydrogen (secondary N) is 1. The van der Waals surface area contributed by atoms with Gasteiger partial charge in [0, 0.05) is 16.7 Å². The van der Waals surface area contributed by atoms with Crippen molar-refractivity contribution in [3.63, 3.8) is 0 Å². The van der Waals surface area contributed by atoms with Crippen molar-refractivity contribution in [2.75, 3.05) is 18.4 Å². The monoisotopic (exact) mass is 492 g/mol. The number of carbonyl (C=O) groups excluding carboxylic acids is 1. The lowest BCUT2D eigenvalue weighted by atomic mass is 10.2. The molecule has 2 aromatic rings. The van der Waals surface area contributed by atoms with Crippen molar-refractivity contribution in [1.29, 1.82) is 0 Å². The van der Waals surface area contributed by atoms with E-state index in [-0.39, 0.29) is 15.5 Å². The zero-order valence-electron chi connectivity index (χ0n) is 13.8. The number of rotatable bonds is 6. The van der Waals surface area contributed by atoms with Gasteiger partial charge in [-0.15, -0.1) is 0 Å². The Bertz CT molecular complexity index is 883. The fourth-order valence-corrected chi connectivity index (χ4v) is 4.51. The molecule has 0 bridgehead atoms. The number of hydrogen-bond donors (Lipinski definition) is 1. The van der Waals surface area contributed by atoms with E-state index in [9.17, 15) is 13.2 Å². The van der Waals surface area contributed by atoms with E-state index in [0.717, 1.165) is 3.57 Å². The largest absolute Gasteiger partial charge is 0.321 e. The van der Waals surface area contributed by atoms with E-state index in [0.29, 0.717) is 18.8 Å². The first kappa shape index (κ1) is 20.2. The van der Waals surface area contributed by atoms with Crippen LogP contribution < -0.4 is 5.32 Å². The van der Waals surface area contributed by atoms with Gasteiger partial charge in [-0.05, 0) is 52.9 Å². The summed E-state index contributed by atoms with van der Waals surface area (Å²) in [7, 11) is -3.66. The first-order valence-electron chi connectivity index (χ1n) is 7.66. The van der Waals surface area contributed by atoms with Gasteiger partial charge in [-0.1, -0.05) is 37.6 Å². The van der Waals surface area contributed by atoms with Crippen LogP contribution >= 0.6 is 34.2 Å². The average Bonchev–Trinajstić information content (AvgIpc) is 2.58. The number of sulfonamides is 1. The van der Waals surface area contributed by atoms with Crippen LogP contribution in [0.2, 0.25) is 5.02 Å². The summed E-state index contributed by atoms with van der Waals surface area (Å²) in [5.74, 6) is -0.453. The lowest BCUT2D eigenvalue weighted by molar-refractivity contribution is 0.102. The van der Waals surface area contributed by atoms with Crippen molar-refractivity contribution in [3.05, 3.63) is 56.6 Å². The smallest absolute Gasteiger partial charge is 0.257 e. The summed E-state index contributed by atoms with van der Waals surface area (Å²) in [6, 6.07) is 11.5. The van der Waals surface area contributed by atoms with Crippen LogP contribution in [-0.2, 0) is 10.0 Å². The Kier molecular flexibility index (Phi) is 6.84. The molecule has 1 N–H and O–H groups in total. The number of anilines is 1. The van der Waals surface area contributed by atoms with Gasteiger partial charge in [0.2, 0.25) is 10.0 Å². The van der Waals surface area contributed by atoms with Gasteiger partial charge in [-0.3, -0.25) is 4.79 Å². The van der Waals surface area contributed by atoms with Crippen LogP contribution in [0, 0.1) is 3.57 Å². The molecule has 0 heterocycles. The Morgan fingerprint density at radius 2 is 1.80 bits per heavy atom. The molecule has 134 valence electrons. The maximum Gasteiger partial charge on any atom is 0.257 e. The van der Waals surface area contributed by atoms with Crippen molar-refractivity contribution in [2.24, 2.45) is 0 Å². The van der Waals surface area contributed by atoms with Crippen LogP contribution in [0.1, 0.15) is 24.2 Å². The molecule has 0 atom stereocenters. The summed E-state index contributed by atoms with van der Waals surface area (Å²) in [4.78, 5) is 12.6. The van der Waals surface area contributed by atoms with Crippen LogP contribution in [0.5, 0.6) is 0 Å². The van der Waals surface area contributed by atoms with Gasteiger partial charge in [-0.2, -0.15) is 4.31 Å². The third kappa shape index (κ3) is 4.52. The number of hydrogen-bond acceptors (Lipinski definition) is 3.